The third-order valence-electron chi connectivity index (χ3n) is 4.29. The van der Waals surface area contributed by atoms with Gasteiger partial charge in [-0.25, -0.2) is 4.79 Å². The summed E-state index contributed by atoms with van der Waals surface area (Å²) < 4.78 is 4.94. The van der Waals surface area contributed by atoms with Gasteiger partial charge < -0.3 is 4.74 Å². The summed E-state index contributed by atoms with van der Waals surface area (Å²) in [6.45, 7) is 4.33. The summed E-state index contributed by atoms with van der Waals surface area (Å²) in [6.07, 6.45) is 12.7. The molecule has 0 bridgehead atoms. The molecular formula is C21H32O2. The lowest BCUT2D eigenvalue weighted by Gasteiger charge is -2.08. The number of methoxy groups -OCH3 is 1. The molecule has 0 fully saturated rings. The SMILES string of the molecule is CCCCCCCCC/C=C(\Cc1ccccc1C)C(=O)OC. The molecule has 0 heterocycles. The van der Waals surface area contributed by atoms with E-state index in [1.54, 1.807) is 0 Å². The Hall–Kier alpha value is -1.57. The minimum atomic E-state index is -0.198. The van der Waals surface area contributed by atoms with E-state index >= 15 is 0 Å². The maximum absolute atomic E-state index is 12.0. The van der Waals surface area contributed by atoms with Crippen molar-refractivity contribution in [2.45, 2.75) is 71.6 Å². The van der Waals surface area contributed by atoms with Crippen LogP contribution in [0, 0.1) is 6.92 Å². The number of allylic oxidation sites excluding steroid dienone is 1. The van der Waals surface area contributed by atoms with Gasteiger partial charge in [0.25, 0.3) is 0 Å². The van der Waals surface area contributed by atoms with Crippen LogP contribution in [0.1, 0.15) is 69.4 Å². The molecule has 1 aromatic carbocycles. The fourth-order valence-corrected chi connectivity index (χ4v) is 2.75. The van der Waals surface area contributed by atoms with Gasteiger partial charge in [0.05, 0.1) is 7.11 Å². The molecule has 1 rings (SSSR count). The maximum atomic E-state index is 12.0. The lowest BCUT2D eigenvalue weighted by Crippen LogP contribution is -2.08. The van der Waals surface area contributed by atoms with Crippen molar-refractivity contribution in [3.8, 4) is 0 Å². The maximum Gasteiger partial charge on any atom is 0.333 e. The van der Waals surface area contributed by atoms with E-state index in [1.165, 1.54) is 56.8 Å². The fourth-order valence-electron chi connectivity index (χ4n) is 2.75. The summed E-state index contributed by atoms with van der Waals surface area (Å²) in [4.78, 5) is 12.0. The van der Waals surface area contributed by atoms with Gasteiger partial charge in [-0.05, 0) is 30.9 Å². The number of esters is 1. The first-order valence-electron chi connectivity index (χ1n) is 9.00. The molecule has 0 radical (unpaired) electrons. The molecule has 0 saturated heterocycles. The van der Waals surface area contributed by atoms with E-state index in [4.69, 9.17) is 4.74 Å². The minimum absolute atomic E-state index is 0.198. The molecule has 1 aromatic rings. The van der Waals surface area contributed by atoms with Crippen molar-refractivity contribution in [3.63, 3.8) is 0 Å². The van der Waals surface area contributed by atoms with E-state index in [1.807, 2.05) is 12.1 Å². The highest BCUT2D eigenvalue weighted by atomic mass is 16.5. The van der Waals surface area contributed by atoms with Crippen molar-refractivity contribution in [1.82, 2.24) is 0 Å². The van der Waals surface area contributed by atoms with Crippen molar-refractivity contribution in [1.29, 1.82) is 0 Å². The van der Waals surface area contributed by atoms with Crippen LogP contribution in [0.15, 0.2) is 35.9 Å². The number of hydrogen-bond donors (Lipinski definition) is 0. The molecule has 23 heavy (non-hydrogen) atoms. The van der Waals surface area contributed by atoms with Gasteiger partial charge in [0.1, 0.15) is 0 Å². The van der Waals surface area contributed by atoms with Crippen LogP contribution in [-0.4, -0.2) is 13.1 Å². The third kappa shape index (κ3) is 8.01. The molecular weight excluding hydrogens is 284 g/mol. The lowest BCUT2D eigenvalue weighted by atomic mass is 9.99. The molecule has 0 aliphatic heterocycles. The van der Waals surface area contributed by atoms with Crippen LogP contribution >= 0.6 is 0 Å². The number of hydrogen-bond acceptors (Lipinski definition) is 2. The molecule has 0 saturated carbocycles. The molecule has 0 N–H and O–H groups in total. The van der Waals surface area contributed by atoms with Gasteiger partial charge in [-0.1, -0.05) is 75.8 Å². The van der Waals surface area contributed by atoms with E-state index in [0.717, 1.165) is 18.4 Å². The van der Waals surface area contributed by atoms with Crippen molar-refractivity contribution in [2.24, 2.45) is 0 Å². The van der Waals surface area contributed by atoms with Crippen molar-refractivity contribution in [2.75, 3.05) is 7.11 Å². The normalized spacial score (nSPS) is 11.5. The zero-order valence-electron chi connectivity index (χ0n) is 15.1. The molecule has 2 heteroatoms. The van der Waals surface area contributed by atoms with Gasteiger partial charge in [0, 0.05) is 12.0 Å². The van der Waals surface area contributed by atoms with Crippen LogP contribution in [0.5, 0.6) is 0 Å². The van der Waals surface area contributed by atoms with Gasteiger partial charge in [-0.15, -0.1) is 0 Å². The predicted octanol–water partition coefficient (Wildman–Crippen LogP) is 5.78. The van der Waals surface area contributed by atoms with Crippen LogP contribution in [0.2, 0.25) is 0 Å². The zero-order valence-corrected chi connectivity index (χ0v) is 15.1. The average Bonchev–Trinajstić information content (AvgIpc) is 2.57. The third-order valence-corrected chi connectivity index (χ3v) is 4.29. The van der Waals surface area contributed by atoms with Gasteiger partial charge in [0.2, 0.25) is 0 Å². The zero-order chi connectivity index (χ0) is 16.9. The molecule has 0 spiro atoms. The average molecular weight is 316 g/mol. The van der Waals surface area contributed by atoms with Crippen LogP contribution in [0.4, 0.5) is 0 Å². The van der Waals surface area contributed by atoms with Gasteiger partial charge in [-0.2, -0.15) is 0 Å². The first kappa shape index (κ1) is 19.5. The smallest absolute Gasteiger partial charge is 0.333 e. The van der Waals surface area contributed by atoms with Crippen LogP contribution in [-0.2, 0) is 16.0 Å². The Kier molecular flexibility index (Phi) is 10.1. The minimum Gasteiger partial charge on any atom is -0.466 e. The Bertz CT molecular complexity index is 488. The highest BCUT2D eigenvalue weighted by Gasteiger charge is 2.11. The second-order valence-corrected chi connectivity index (χ2v) is 6.23. The largest absolute Gasteiger partial charge is 0.466 e. The van der Waals surface area contributed by atoms with Crippen LogP contribution in [0.3, 0.4) is 0 Å². The summed E-state index contributed by atoms with van der Waals surface area (Å²) in [5, 5.41) is 0. The molecule has 0 aliphatic carbocycles. The molecule has 0 amide bonds. The number of carbonyl (C=O) groups excluding carboxylic acids is 1. The quantitative estimate of drug-likeness (QED) is 0.294. The second kappa shape index (κ2) is 11.9. The first-order valence-corrected chi connectivity index (χ1v) is 9.00. The number of aryl methyl sites for hydroxylation is 1. The van der Waals surface area contributed by atoms with Gasteiger partial charge >= 0.3 is 5.97 Å². The number of benzene rings is 1. The highest BCUT2D eigenvalue weighted by molar-refractivity contribution is 5.88. The fraction of sp³-hybridized carbons (Fsp3) is 0.571. The molecule has 0 aromatic heterocycles. The summed E-state index contributed by atoms with van der Waals surface area (Å²) in [7, 11) is 1.46. The Labute approximate surface area is 141 Å². The highest BCUT2D eigenvalue weighted by Crippen LogP contribution is 2.16. The second-order valence-electron chi connectivity index (χ2n) is 6.23. The predicted molar refractivity (Wildman–Crippen MR) is 97.6 cm³/mol. The summed E-state index contributed by atoms with van der Waals surface area (Å²) in [5.74, 6) is -0.198. The summed E-state index contributed by atoms with van der Waals surface area (Å²) in [6, 6.07) is 8.22. The Morgan fingerprint density at radius 1 is 1.04 bits per heavy atom. The van der Waals surface area contributed by atoms with Crippen molar-refractivity contribution < 1.29 is 9.53 Å². The van der Waals surface area contributed by atoms with Gasteiger partial charge in [-0.3, -0.25) is 0 Å². The van der Waals surface area contributed by atoms with Crippen molar-refractivity contribution >= 4 is 5.97 Å². The first-order chi connectivity index (χ1) is 11.2. The molecule has 0 unspecified atom stereocenters. The summed E-state index contributed by atoms with van der Waals surface area (Å²) in [5.41, 5.74) is 3.20. The number of ether oxygens (including phenoxy) is 1. The van der Waals surface area contributed by atoms with E-state index in [2.05, 4.69) is 32.1 Å². The Morgan fingerprint density at radius 3 is 2.35 bits per heavy atom. The number of carbonyl (C=O) groups is 1. The standard InChI is InChI=1S/C21H32O2/c1-4-5-6-7-8-9-10-11-16-20(21(22)23-3)17-19-15-13-12-14-18(19)2/h12-16H,4-11,17H2,1-3H3/b20-16+. The van der Waals surface area contributed by atoms with E-state index in [9.17, 15) is 4.79 Å². The molecule has 128 valence electrons. The van der Waals surface area contributed by atoms with E-state index < -0.39 is 0 Å². The summed E-state index contributed by atoms with van der Waals surface area (Å²) >= 11 is 0. The van der Waals surface area contributed by atoms with Crippen LogP contribution in [0.25, 0.3) is 0 Å². The van der Waals surface area contributed by atoms with E-state index in [-0.39, 0.29) is 5.97 Å². The van der Waals surface area contributed by atoms with Gasteiger partial charge in [0.15, 0.2) is 0 Å². The molecule has 0 aliphatic rings. The van der Waals surface area contributed by atoms with E-state index in [0.29, 0.717) is 6.42 Å². The molecule has 2 nitrogen and oxygen atoms in total. The van der Waals surface area contributed by atoms with Crippen molar-refractivity contribution in [3.05, 3.63) is 47.0 Å². The van der Waals surface area contributed by atoms with Crippen LogP contribution < -0.4 is 0 Å². The topological polar surface area (TPSA) is 26.3 Å². The monoisotopic (exact) mass is 316 g/mol. The number of rotatable bonds is 11. The molecule has 0 atom stereocenters. The Balaban J connectivity index is 2.45. The lowest BCUT2D eigenvalue weighted by molar-refractivity contribution is -0.136. The number of unbranched alkanes of at least 4 members (excludes halogenated alkanes) is 7. The Morgan fingerprint density at radius 2 is 1.70 bits per heavy atom.